The van der Waals surface area contributed by atoms with E-state index in [-0.39, 0.29) is 5.69 Å². The highest BCUT2D eigenvalue weighted by molar-refractivity contribution is 5.51. The Bertz CT molecular complexity index is 672. The lowest BCUT2D eigenvalue weighted by Crippen LogP contribution is -2.08. The molecule has 0 aromatic heterocycles. The summed E-state index contributed by atoms with van der Waals surface area (Å²) in [4.78, 5) is 9.68. The molecule has 0 aliphatic rings. The van der Waals surface area contributed by atoms with Gasteiger partial charge in [-0.2, -0.15) is 4.39 Å². The van der Waals surface area contributed by atoms with Gasteiger partial charge in [-0.05, 0) is 30.7 Å². The van der Waals surface area contributed by atoms with Crippen LogP contribution >= 0.6 is 0 Å². The fourth-order valence-electron chi connectivity index (χ4n) is 1.90. The maximum atomic E-state index is 13.5. The van der Waals surface area contributed by atoms with Crippen molar-refractivity contribution in [1.82, 2.24) is 0 Å². The molecular weight excluding hydrogens is 285 g/mol. The van der Waals surface area contributed by atoms with E-state index in [4.69, 9.17) is 0 Å². The Morgan fingerprint density at radius 3 is 2.24 bits per heavy atom. The fraction of sp³-hybridized carbons (Fsp3) is 0.143. The lowest BCUT2D eigenvalue weighted by molar-refractivity contribution is -0.387. The molecule has 0 amide bonds. The Kier molecular flexibility index (Phi) is 4.11. The molecule has 0 saturated carbocycles. The van der Waals surface area contributed by atoms with Gasteiger partial charge in [0.2, 0.25) is 5.82 Å². The minimum Gasteiger partial charge on any atom is -0.378 e. The summed E-state index contributed by atoms with van der Waals surface area (Å²) in [6.45, 7) is 1.63. The van der Waals surface area contributed by atoms with Gasteiger partial charge in [-0.25, -0.2) is 8.78 Å². The summed E-state index contributed by atoms with van der Waals surface area (Å²) in [5, 5.41) is 13.3. The van der Waals surface area contributed by atoms with Gasteiger partial charge >= 0.3 is 5.69 Å². The first-order valence-electron chi connectivity index (χ1n) is 6.03. The van der Waals surface area contributed by atoms with Crippen LogP contribution in [-0.2, 0) is 0 Å². The normalized spacial score (nSPS) is 12.0. The van der Waals surface area contributed by atoms with E-state index >= 15 is 0 Å². The first-order chi connectivity index (χ1) is 9.86. The largest absolute Gasteiger partial charge is 0.378 e. The molecule has 4 nitrogen and oxygen atoms in total. The van der Waals surface area contributed by atoms with Crippen LogP contribution in [0.2, 0.25) is 0 Å². The van der Waals surface area contributed by atoms with Gasteiger partial charge in [0.05, 0.1) is 4.92 Å². The maximum Gasteiger partial charge on any atom is 0.304 e. The summed E-state index contributed by atoms with van der Waals surface area (Å²) < 4.78 is 39.7. The SMILES string of the molecule is CC(Nc1ccc([N+](=O)[O-])c(F)c1)c1cc(F)cc(F)c1. The maximum absolute atomic E-state index is 13.5. The third-order valence-corrected chi connectivity index (χ3v) is 2.91. The molecule has 7 heteroatoms. The topological polar surface area (TPSA) is 55.2 Å². The van der Waals surface area contributed by atoms with Crippen LogP contribution in [0, 0.1) is 27.6 Å². The van der Waals surface area contributed by atoms with Gasteiger partial charge in [-0.1, -0.05) is 0 Å². The van der Waals surface area contributed by atoms with E-state index in [1.54, 1.807) is 6.92 Å². The number of hydrogen-bond acceptors (Lipinski definition) is 3. The second-order valence-electron chi connectivity index (χ2n) is 4.49. The Morgan fingerprint density at radius 1 is 1.10 bits per heavy atom. The standard InChI is InChI=1S/C14H11F3N2O2/c1-8(9-4-10(15)6-11(16)5-9)18-12-2-3-14(19(20)21)13(17)7-12/h2-8,18H,1H3. The van der Waals surface area contributed by atoms with Crippen LogP contribution in [0.4, 0.5) is 24.5 Å². The molecule has 0 aliphatic carbocycles. The zero-order valence-corrected chi connectivity index (χ0v) is 10.9. The molecule has 1 atom stereocenters. The van der Waals surface area contributed by atoms with Crippen LogP contribution in [0.1, 0.15) is 18.5 Å². The van der Waals surface area contributed by atoms with E-state index in [0.29, 0.717) is 5.56 Å². The number of benzene rings is 2. The molecule has 0 radical (unpaired) electrons. The van der Waals surface area contributed by atoms with Crippen molar-refractivity contribution >= 4 is 11.4 Å². The Morgan fingerprint density at radius 2 is 1.71 bits per heavy atom. The van der Waals surface area contributed by atoms with Gasteiger partial charge < -0.3 is 5.32 Å². The number of anilines is 1. The smallest absolute Gasteiger partial charge is 0.304 e. The van der Waals surface area contributed by atoms with Crippen molar-refractivity contribution in [1.29, 1.82) is 0 Å². The zero-order chi connectivity index (χ0) is 15.6. The van der Waals surface area contributed by atoms with Crippen LogP contribution in [0.3, 0.4) is 0 Å². The zero-order valence-electron chi connectivity index (χ0n) is 10.9. The predicted octanol–water partition coefficient (Wildman–Crippen LogP) is 4.19. The lowest BCUT2D eigenvalue weighted by atomic mass is 10.1. The second kappa shape index (κ2) is 5.82. The van der Waals surface area contributed by atoms with Crippen molar-refractivity contribution < 1.29 is 18.1 Å². The average Bonchev–Trinajstić information content (AvgIpc) is 2.37. The fourth-order valence-corrected chi connectivity index (χ4v) is 1.90. The second-order valence-corrected chi connectivity index (χ2v) is 4.49. The molecule has 110 valence electrons. The number of nitrogens with one attached hydrogen (secondary N) is 1. The predicted molar refractivity (Wildman–Crippen MR) is 71.5 cm³/mol. The molecule has 0 saturated heterocycles. The summed E-state index contributed by atoms with van der Waals surface area (Å²) in [7, 11) is 0. The molecule has 2 aromatic carbocycles. The molecule has 0 aliphatic heterocycles. The van der Waals surface area contributed by atoms with Gasteiger partial charge in [0.25, 0.3) is 0 Å². The van der Waals surface area contributed by atoms with E-state index in [1.807, 2.05) is 0 Å². The molecule has 0 heterocycles. The van der Waals surface area contributed by atoms with Crippen LogP contribution < -0.4 is 5.32 Å². The average molecular weight is 296 g/mol. The summed E-state index contributed by atoms with van der Waals surface area (Å²) in [5.74, 6) is -2.41. The van der Waals surface area contributed by atoms with Crippen molar-refractivity contribution in [2.75, 3.05) is 5.32 Å². The lowest BCUT2D eigenvalue weighted by Gasteiger charge is -2.16. The quantitative estimate of drug-likeness (QED) is 0.680. The van der Waals surface area contributed by atoms with E-state index in [9.17, 15) is 23.3 Å². The third-order valence-electron chi connectivity index (χ3n) is 2.91. The first-order valence-corrected chi connectivity index (χ1v) is 6.03. The monoisotopic (exact) mass is 296 g/mol. The molecule has 0 fully saturated rings. The van der Waals surface area contributed by atoms with Gasteiger partial charge in [0, 0.05) is 29.9 Å². The van der Waals surface area contributed by atoms with Crippen molar-refractivity contribution in [2.45, 2.75) is 13.0 Å². The van der Waals surface area contributed by atoms with E-state index in [0.717, 1.165) is 30.3 Å². The van der Waals surface area contributed by atoms with Crippen LogP contribution in [-0.4, -0.2) is 4.92 Å². The number of hydrogen-bond donors (Lipinski definition) is 1. The Hall–Kier alpha value is -2.57. The summed E-state index contributed by atoms with van der Waals surface area (Å²) >= 11 is 0. The molecule has 1 unspecified atom stereocenters. The van der Waals surface area contributed by atoms with Crippen LogP contribution in [0.15, 0.2) is 36.4 Å². The molecule has 21 heavy (non-hydrogen) atoms. The summed E-state index contributed by atoms with van der Waals surface area (Å²) in [6.07, 6.45) is 0. The Balaban J connectivity index is 2.21. The van der Waals surface area contributed by atoms with Gasteiger partial charge in [0.15, 0.2) is 0 Å². The highest BCUT2D eigenvalue weighted by atomic mass is 19.1. The van der Waals surface area contributed by atoms with Crippen molar-refractivity contribution in [3.8, 4) is 0 Å². The molecule has 2 aromatic rings. The Labute approximate surface area is 118 Å². The van der Waals surface area contributed by atoms with Crippen LogP contribution in [0.25, 0.3) is 0 Å². The minimum absolute atomic E-state index is 0.273. The van der Waals surface area contributed by atoms with E-state index in [2.05, 4.69) is 5.32 Å². The number of nitro groups is 1. The molecule has 2 rings (SSSR count). The molecule has 0 spiro atoms. The number of rotatable bonds is 4. The molecular formula is C14H11F3N2O2. The van der Waals surface area contributed by atoms with Crippen molar-refractivity contribution in [3.63, 3.8) is 0 Å². The number of nitrogens with zero attached hydrogens (tertiary/aromatic N) is 1. The number of nitro benzene ring substituents is 1. The summed E-state index contributed by atoms with van der Waals surface area (Å²) in [5.41, 5.74) is -0.0217. The van der Waals surface area contributed by atoms with Gasteiger partial charge in [-0.3, -0.25) is 10.1 Å². The van der Waals surface area contributed by atoms with Gasteiger partial charge in [0.1, 0.15) is 11.6 Å². The molecule has 0 bridgehead atoms. The first kappa shape index (κ1) is 14.8. The van der Waals surface area contributed by atoms with E-state index in [1.165, 1.54) is 6.07 Å². The van der Waals surface area contributed by atoms with Crippen molar-refractivity contribution in [2.24, 2.45) is 0 Å². The molecule has 1 N–H and O–H groups in total. The summed E-state index contributed by atoms with van der Waals surface area (Å²) in [6, 6.07) is 5.87. The van der Waals surface area contributed by atoms with Crippen LogP contribution in [0.5, 0.6) is 0 Å². The third kappa shape index (κ3) is 3.50. The number of halogens is 3. The van der Waals surface area contributed by atoms with E-state index < -0.39 is 34.1 Å². The minimum atomic E-state index is -0.984. The highest BCUT2D eigenvalue weighted by Crippen LogP contribution is 2.25. The highest BCUT2D eigenvalue weighted by Gasteiger charge is 2.15. The van der Waals surface area contributed by atoms with Gasteiger partial charge in [-0.15, -0.1) is 0 Å². The van der Waals surface area contributed by atoms with Crippen molar-refractivity contribution in [3.05, 3.63) is 69.5 Å².